The normalized spacial score (nSPS) is 20.2. The first kappa shape index (κ1) is 17.1. The molecule has 0 bridgehead atoms. The number of anilines is 1. The van der Waals surface area contributed by atoms with Gasteiger partial charge in [0.1, 0.15) is 0 Å². The van der Waals surface area contributed by atoms with Gasteiger partial charge in [0.2, 0.25) is 5.95 Å². The van der Waals surface area contributed by atoms with Gasteiger partial charge in [-0.15, -0.1) is 0 Å². The van der Waals surface area contributed by atoms with Crippen molar-refractivity contribution in [3.8, 4) is 11.5 Å². The smallest absolute Gasteiger partial charge is 0.225 e. The number of rotatable bonds is 4. The second-order valence-corrected chi connectivity index (χ2v) is 7.16. The van der Waals surface area contributed by atoms with Gasteiger partial charge in [0, 0.05) is 38.4 Å². The molecule has 1 saturated heterocycles. The molecule has 26 heavy (non-hydrogen) atoms. The number of aromatic hydroxyl groups is 1. The molecule has 4 rings (SSSR count). The Morgan fingerprint density at radius 1 is 1.23 bits per heavy atom. The van der Waals surface area contributed by atoms with Gasteiger partial charge in [-0.1, -0.05) is 0 Å². The summed E-state index contributed by atoms with van der Waals surface area (Å²) in [5.41, 5.74) is 3.48. The number of nitrogens with zero attached hydrogens (tertiary/aromatic N) is 4. The molecule has 1 aromatic carbocycles. The maximum Gasteiger partial charge on any atom is 0.225 e. The van der Waals surface area contributed by atoms with Crippen LogP contribution in [-0.2, 0) is 13.0 Å². The molecule has 1 fully saturated rings. The Kier molecular flexibility index (Phi) is 4.68. The van der Waals surface area contributed by atoms with E-state index < -0.39 is 0 Å². The number of methoxy groups -OCH3 is 1. The van der Waals surface area contributed by atoms with Crippen molar-refractivity contribution < 1.29 is 9.84 Å². The zero-order valence-corrected chi connectivity index (χ0v) is 15.5. The van der Waals surface area contributed by atoms with Gasteiger partial charge in [0.15, 0.2) is 11.5 Å². The fraction of sp³-hybridized carbons (Fsp3) is 0.500. The second-order valence-electron chi connectivity index (χ2n) is 7.16. The van der Waals surface area contributed by atoms with E-state index >= 15 is 0 Å². The Bertz CT molecular complexity index is 789. The van der Waals surface area contributed by atoms with Crippen LogP contribution in [0.1, 0.15) is 42.6 Å². The molecule has 2 aliphatic rings. The third kappa shape index (κ3) is 3.21. The van der Waals surface area contributed by atoms with Crippen molar-refractivity contribution in [1.82, 2.24) is 14.9 Å². The molecule has 0 saturated carbocycles. The van der Waals surface area contributed by atoms with Crippen LogP contribution in [0.15, 0.2) is 24.4 Å². The highest BCUT2D eigenvalue weighted by atomic mass is 16.5. The molecule has 0 amide bonds. The number of phenolic OH excluding ortho intramolecular Hbond substituents is 1. The lowest BCUT2D eigenvalue weighted by molar-refractivity contribution is 0.186. The topological polar surface area (TPSA) is 61.7 Å². The van der Waals surface area contributed by atoms with E-state index in [1.807, 2.05) is 24.4 Å². The van der Waals surface area contributed by atoms with Gasteiger partial charge in [-0.05, 0) is 55.5 Å². The summed E-state index contributed by atoms with van der Waals surface area (Å²) in [6.07, 6.45) is 5.24. The highest BCUT2D eigenvalue weighted by Crippen LogP contribution is 2.37. The summed E-state index contributed by atoms with van der Waals surface area (Å²) in [5, 5.41) is 10.0. The van der Waals surface area contributed by atoms with Crippen LogP contribution in [0.5, 0.6) is 11.5 Å². The number of ether oxygens (including phenoxy) is 1. The first-order valence-corrected chi connectivity index (χ1v) is 9.36. The first-order valence-electron chi connectivity index (χ1n) is 9.36. The van der Waals surface area contributed by atoms with Crippen LogP contribution in [0.4, 0.5) is 5.95 Å². The van der Waals surface area contributed by atoms with Crippen molar-refractivity contribution in [1.29, 1.82) is 0 Å². The van der Waals surface area contributed by atoms with E-state index in [-0.39, 0.29) is 11.8 Å². The highest BCUT2D eigenvalue weighted by molar-refractivity contribution is 5.48. The maximum absolute atomic E-state index is 10.0. The van der Waals surface area contributed by atoms with E-state index in [4.69, 9.17) is 9.72 Å². The molecule has 138 valence electrons. The van der Waals surface area contributed by atoms with Crippen LogP contribution < -0.4 is 9.64 Å². The average Bonchev–Trinajstić information content (AvgIpc) is 3.19. The molecule has 2 aliphatic heterocycles. The largest absolute Gasteiger partial charge is 0.504 e. The fourth-order valence-electron chi connectivity index (χ4n) is 4.02. The minimum absolute atomic E-state index is 0.220. The summed E-state index contributed by atoms with van der Waals surface area (Å²) in [4.78, 5) is 13.9. The molecule has 6 nitrogen and oxygen atoms in total. The van der Waals surface area contributed by atoms with Crippen molar-refractivity contribution in [2.45, 2.75) is 38.8 Å². The minimum Gasteiger partial charge on any atom is -0.504 e. The molecule has 2 aromatic rings. The van der Waals surface area contributed by atoms with E-state index in [0.717, 1.165) is 44.2 Å². The van der Waals surface area contributed by atoms with E-state index in [1.54, 1.807) is 7.11 Å². The zero-order chi connectivity index (χ0) is 18.1. The van der Waals surface area contributed by atoms with Crippen LogP contribution in [-0.4, -0.2) is 46.7 Å². The number of aromatic nitrogens is 2. The van der Waals surface area contributed by atoms with E-state index in [0.29, 0.717) is 5.75 Å². The van der Waals surface area contributed by atoms with E-state index in [9.17, 15) is 5.11 Å². The predicted molar refractivity (Wildman–Crippen MR) is 101 cm³/mol. The molecule has 0 aliphatic carbocycles. The Morgan fingerprint density at radius 3 is 2.81 bits per heavy atom. The molecule has 0 spiro atoms. The predicted octanol–water partition coefficient (Wildman–Crippen LogP) is 2.91. The summed E-state index contributed by atoms with van der Waals surface area (Å²) >= 11 is 0. The summed E-state index contributed by atoms with van der Waals surface area (Å²) in [6, 6.07) is 6.08. The number of hydrogen-bond acceptors (Lipinski definition) is 6. The maximum atomic E-state index is 10.0. The van der Waals surface area contributed by atoms with E-state index in [1.165, 1.54) is 24.0 Å². The minimum atomic E-state index is 0.220. The van der Waals surface area contributed by atoms with Crippen molar-refractivity contribution >= 4 is 5.95 Å². The number of phenols is 1. The lowest BCUT2D eigenvalue weighted by Crippen LogP contribution is -2.34. The zero-order valence-electron chi connectivity index (χ0n) is 15.5. The molecular formula is C20H26N4O2. The summed E-state index contributed by atoms with van der Waals surface area (Å²) in [5.74, 6) is 1.62. The number of fused-ring (bicyclic) bond motifs is 1. The molecule has 6 heteroatoms. The van der Waals surface area contributed by atoms with Gasteiger partial charge in [-0.2, -0.15) is 0 Å². The molecule has 1 unspecified atom stereocenters. The van der Waals surface area contributed by atoms with Gasteiger partial charge in [-0.25, -0.2) is 9.97 Å². The van der Waals surface area contributed by atoms with Crippen LogP contribution in [0.25, 0.3) is 0 Å². The Hall–Kier alpha value is -2.34. The van der Waals surface area contributed by atoms with Gasteiger partial charge >= 0.3 is 0 Å². The summed E-state index contributed by atoms with van der Waals surface area (Å²) < 4.78 is 5.29. The van der Waals surface area contributed by atoms with Crippen molar-refractivity contribution in [3.05, 3.63) is 41.2 Å². The summed E-state index contributed by atoms with van der Waals surface area (Å²) in [7, 11) is 1.59. The average molecular weight is 354 g/mol. The van der Waals surface area contributed by atoms with Crippen LogP contribution in [0.3, 0.4) is 0 Å². The second kappa shape index (κ2) is 7.11. The van der Waals surface area contributed by atoms with Gasteiger partial charge in [-0.3, -0.25) is 4.90 Å². The lowest BCUT2D eigenvalue weighted by Gasteiger charge is -2.35. The molecule has 1 N–H and O–H groups in total. The molecule has 1 atom stereocenters. The monoisotopic (exact) mass is 354 g/mol. The van der Waals surface area contributed by atoms with Crippen LogP contribution in [0, 0.1) is 0 Å². The van der Waals surface area contributed by atoms with Crippen LogP contribution >= 0.6 is 0 Å². The van der Waals surface area contributed by atoms with Crippen molar-refractivity contribution in [3.63, 3.8) is 0 Å². The Morgan fingerprint density at radius 2 is 2.04 bits per heavy atom. The molecule has 0 radical (unpaired) electrons. The number of benzene rings is 1. The Balaban J connectivity index is 1.53. The quantitative estimate of drug-likeness (QED) is 0.911. The molecule has 1 aromatic heterocycles. The van der Waals surface area contributed by atoms with Gasteiger partial charge < -0.3 is 14.7 Å². The van der Waals surface area contributed by atoms with Crippen molar-refractivity contribution in [2.24, 2.45) is 0 Å². The first-order chi connectivity index (χ1) is 12.7. The lowest BCUT2D eigenvalue weighted by atomic mass is 9.92. The SMILES string of the molecule is COc1cc2c(cc1O)CCN(Cc1ccnc(N3CCCC3)n1)C2C. The fourth-order valence-corrected chi connectivity index (χ4v) is 4.02. The third-order valence-electron chi connectivity index (χ3n) is 5.56. The van der Waals surface area contributed by atoms with E-state index in [2.05, 4.69) is 21.7 Å². The highest BCUT2D eigenvalue weighted by Gasteiger charge is 2.26. The standard InChI is InChI=1S/C20H26N4O2/c1-14-17-12-19(26-2)18(25)11-15(17)6-10-24(14)13-16-5-7-21-20(22-16)23-8-3-4-9-23/h5,7,11-12,14,25H,3-4,6,8-10,13H2,1-2H3. The number of hydrogen-bond donors (Lipinski definition) is 1. The van der Waals surface area contributed by atoms with Crippen molar-refractivity contribution in [2.75, 3.05) is 31.6 Å². The van der Waals surface area contributed by atoms with Crippen LogP contribution in [0.2, 0.25) is 0 Å². The molecule has 3 heterocycles. The Labute approximate surface area is 154 Å². The molecular weight excluding hydrogens is 328 g/mol. The van der Waals surface area contributed by atoms with Gasteiger partial charge in [0.05, 0.1) is 12.8 Å². The third-order valence-corrected chi connectivity index (χ3v) is 5.56. The van der Waals surface area contributed by atoms with Gasteiger partial charge in [0.25, 0.3) is 0 Å². The summed E-state index contributed by atoms with van der Waals surface area (Å²) in [6.45, 7) is 6.06.